The molecule has 1 fully saturated rings. The maximum absolute atomic E-state index is 11.2. The number of amides is 2. The highest BCUT2D eigenvalue weighted by atomic mass is 32.2. The van der Waals surface area contributed by atoms with Crippen LogP contribution in [0.2, 0.25) is 0 Å². The minimum absolute atomic E-state index is 0.338. The second-order valence-electron chi connectivity index (χ2n) is 3.02. The number of nitrogens with two attached hydrogens (primary N) is 1. The summed E-state index contributed by atoms with van der Waals surface area (Å²) in [6.07, 6.45) is 1.64. The molecule has 0 bridgehead atoms. The Morgan fingerprint density at radius 2 is 2.13 bits per heavy atom. The quantitative estimate of drug-likeness (QED) is 0.557. The number of nitrogens with one attached hydrogen (secondary N) is 1. The first-order valence-electron chi connectivity index (χ1n) is 4.25. The number of carbonyl (C=O) groups is 2. The zero-order valence-electron chi connectivity index (χ0n) is 7.69. The van der Waals surface area contributed by atoms with Crippen LogP contribution in [-0.4, -0.2) is 11.1 Å². The van der Waals surface area contributed by atoms with Gasteiger partial charge in [-0.1, -0.05) is 12.1 Å². The molecule has 1 aromatic carbocycles. The molecule has 1 aromatic rings. The van der Waals surface area contributed by atoms with Gasteiger partial charge in [0, 0.05) is 5.69 Å². The summed E-state index contributed by atoms with van der Waals surface area (Å²) in [5.41, 5.74) is 7.02. The highest BCUT2D eigenvalue weighted by Crippen LogP contribution is 2.25. The Morgan fingerprint density at radius 3 is 2.73 bits per heavy atom. The third kappa shape index (κ3) is 2.19. The second kappa shape index (κ2) is 3.78. The van der Waals surface area contributed by atoms with Crippen LogP contribution in [0.25, 0.3) is 6.08 Å². The van der Waals surface area contributed by atoms with E-state index in [0.717, 1.165) is 17.3 Å². The van der Waals surface area contributed by atoms with Crippen LogP contribution in [0.15, 0.2) is 29.2 Å². The molecule has 0 aliphatic carbocycles. The molecule has 1 heterocycles. The Kier molecular flexibility index (Phi) is 2.47. The van der Waals surface area contributed by atoms with Crippen LogP contribution >= 0.6 is 11.8 Å². The van der Waals surface area contributed by atoms with Crippen LogP contribution in [0.3, 0.4) is 0 Å². The van der Waals surface area contributed by atoms with E-state index in [0.29, 0.717) is 10.6 Å². The van der Waals surface area contributed by atoms with E-state index in [1.807, 2.05) is 6.07 Å². The number of hydrogen-bond acceptors (Lipinski definition) is 4. The molecule has 0 saturated carbocycles. The lowest BCUT2D eigenvalue weighted by atomic mass is 10.2. The predicted molar refractivity (Wildman–Crippen MR) is 60.0 cm³/mol. The van der Waals surface area contributed by atoms with Crippen molar-refractivity contribution in [3.8, 4) is 0 Å². The highest BCUT2D eigenvalue weighted by Gasteiger charge is 2.24. The Labute approximate surface area is 90.5 Å². The molecule has 0 unspecified atom stereocenters. The summed E-state index contributed by atoms with van der Waals surface area (Å²) < 4.78 is 0. The summed E-state index contributed by atoms with van der Waals surface area (Å²) in [6.45, 7) is 0. The van der Waals surface area contributed by atoms with E-state index in [2.05, 4.69) is 5.32 Å². The third-order valence-electron chi connectivity index (χ3n) is 1.85. The maximum Gasteiger partial charge on any atom is 0.290 e. The SMILES string of the molecule is Nc1cccc(/C=C2/SC(=O)NC2=O)c1. The smallest absolute Gasteiger partial charge is 0.290 e. The minimum atomic E-state index is -0.354. The number of carbonyl (C=O) groups excluding carboxylic acids is 2. The van der Waals surface area contributed by atoms with Crippen LogP contribution in [-0.2, 0) is 4.79 Å². The fourth-order valence-electron chi connectivity index (χ4n) is 1.22. The number of thioether (sulfide) groups is 1. The number of benzene rings is 1. The van der Waals surface area contributed by atoms with Crippen molar-refractivity contribution >= 4 is 34.7 Å². The molecule has 2 rings (SSSR count). The summed E-state index contributed by atoms with van der Waals surface area (Å²) in [5, 5.41) is 1.85. The standard InChI is InChI=1S/C10H8N2O2S/c11-7-3-1-2-6(4-7)5-8-9(13)12-10(14)15-8/h1-5H,11H2,(H,12,13,14)/b8-5+. The number of nitrogen functional groups attached to an aromatic ring is 1. The Hall–Kier alpha value is -1.75. The van der Waals surface area contributed by atoms with E-state index in [-0.39, 0.29) is 11.1 Å². The fraction of sp³-hybridized carbons (Fsp3) is 0. The van der Waals surface area contributed by atoms with Crippen molar-refractivity contribution in [3.05, 3.63) is 34.7 Å². The molecular weight excluding hydrogens is 212 g/mol. The van der Waals surface area contributed by atoms with Gasteiger partial charge in [-0.3, -0.25) is 14.9 Å². The van der Waals surface area contributed by atoms with Gasteiger partial charge in [0.05, 0.1) is 4.91 Å². The average Bonchev–Trinajstić information content (AvgIpc) is 2.45. The largest absolute Gasteiger partial charge is 0.399 e. The van der Waals surface area contributed by atoms with E-state index in [1.54, 1.807) is 24.3 Å². The van der Waals surface area contributed by atoms with Gasteiger partial charge >= 0.3 is 0 Å². The Bertz CT molecular complexity index is 468. The van der Waals surface area contributed by atoms with Crippen molar-refractivity contribution in [1.82, 2.24) is 5.32 Å². The van der Waals surface area contributed by atoms with Gasteiger partial charge in [0.25, 0.3) is 11.1 Å². The monoisotopic (exact) mass is 220 g/mol. The predicted octanol–water partition coefficient (Wildman–Crippen LogP) is 1.59. The van der Waals surface area contributed by atoms with Crippen molar-refractivity contribution in [2.75, 3.05) is 5.73 Å². The number of hydrogen-bond donors (Lipinski definition) is 2. The molecule has 0 aromatic heterocycles. The Morgan fingerprint density at radius 1 is 1.33 bits per heavy atom. The van der Waals surface area contributed by atoms with E-state index in [4.69, 9.17) is 5.73 Å². The average molecular weight is 220 g/mol. The van der Waals surface area contributed by atoms with Gasteiger partial charge in [-0.05, 0) is 35.5 Å². The first-order valence-corrected chi connectivity index (χ1v) is 5.07. The first kappa shape index (κ1) is 9.79. The lowest BCUT2D eigenvalue weighted by Gasteiger charge is -1.96. The zero-order valence-corrected chi connectivity index (χ0v) is 8.51. The maximum atomic E-state index is 11.2. The lowest BCUT2D eigenvalue weighted by Crippen LogP contribution is -2.17. The summed E-state index contributed by atoms with van der Waals surface area (Å²) in [7, 11) is 0. The normalized spacial score (nSPS) is 18.3. The van der Waals surface area contributed by atoms with Gasteiger partial charge in [0.2, 0.25) is 0 Å². The number of anilines is 1. The van der Waals surface area contributed by atoms with Crippen LogP contribution < -0.4 is 11.1 Å². The molecule has 0 radical (unpaired) electrons. The van der Waals surface area contributed by atoms with Crippen molar-refractivity contribution in [3.63, 3.8) is 0 Å². The van der Waals surface area contributed by atoms with Gasteiger partial charge < -0.3 is 5.73 Å². The second-order valence-corrected chi connectivity index (χ2v) is 4.04. The first-order chi connectivity index (χ1) is 7.15. The van der Waals surface area contributed by atoms with E-state index in [9.17, 15) is 9.59 Å². The molecule has 5 heteroatoms. The Balaban J connectivity index is 2.31. The summed E-state index contributed by atoms with van der Waals surface area (Å²) >= 11 is 0.895. The van der Waals surface area contributed by atoms with Gasteiger partial charge in [-0.15, -0.1) is 0 Å². The molecule has 2 amide bonds. The van der Waals surface area contributed by atoms with Crippen molar-refractivity contribution in [2.24, 2.45) is 0 Å². The molecule has 4 nitrogen and oxygen atoms in total. The molecule has 3 N–H and O–H groups in total. The summed E-state index contributed by atoms with van der Waals surface area (Å²) in [5.74, 6) is -0.354. The van der Waals surface area contributed by atoms with Crippen LogP contribution in [0, 0.1) is 0 Å². The van der Waals surface area contributed by atoms with E-state index in [1.165, 1.54) is 0 Å². The van der Waals surface area contributed by atoms with E-state index < -0.39 is 0 Å². The molecule has 76 valence electrons. The van der Waals surface area contributed by atoms with Gasteiger partial charge in [0.1, 0.15) is 0 Å². The van der Waals surface area contributed by atoms with E-state index >= 15 is 0 Å². The van der Waals surface area contributed by atoms with Gasteiger partial charge in [-0.25, -0.2) is 0 Å². The van der Waals surface area contributed by atoms with Crippen molar-refractivity contribution in [2.45, 2.75) is 0 Å². The summed E-state index contributed by atoms with van der Waals surface area (Å²) in [4.78, 5) is 22.5. The highest BCUT2D eigenvalue weighted by molar-refractivity contribution is 8.18. The topological polar surface area (TPSA) is 72.2 Å². The van der Waals surface area contributed by atoms with Gasteiger partial charge in [-0.2, -0.15) is 0 Å². The number of rotatable bonds is 1. The van der Waals surface area contributed by atoms with Crippen molar-refractivity contribution < 1.29 is 9.59 Å². The van der Waals surface area contributed by atoms with Crippen LogP contribution in [0.1, 0.15) is 5.56 Å². The number of imide groups is 1. The molecular formula is C10H8N2O2S. The van der Waals surface area contributed by atoms with Crippen LogP contribution in [0.4, 0.5) is 10.5 Å². The summed E-state index contributed by atoms with van der Waals surface area (Å²) in [6, 6.07) is 7.11. The minimum Gasteiger partial charge on any atom is -0.399 e. The zero-order chi connectivity index (χ0) is 10.8. The molecule has 1 saturated heterocycles. The molecule has 0 atom stereocenters. The van der Waals surface area contributed by atoms with Crippen LogP contribution in [0.5, 0.6) is 0 Å². The fourth-order valence-corrected chi connectivity index (χ4v) is 1.90. The lowest BCUT2D eigenvalue weighted by molar-refractivity contribution is -0.115. The van der Waals surface area contributed by atoms with Gasteiger partial charge in [0.15, 0.2) is 0 Å². The molecule has 0 spiro atoms. The molecule has 1 aliphatic heterocycles. The molecule has 1 aliphatic rings. The third-order valence-corrected chi connectivity index (χ3v) is 2.66. The molecule has 15 heavy (non-hydrogen) atoms. The van der Waals surface area contributed by atoms with Crippen molar-refractivity contribution in [1.29, 1.82) is 0 Å².